The lowest BCUT2D eigenvalue weighted by Gasteiger charge is -2.34. The normalized spacial score (nSPS) is 17.4. The molecule has 2 aliphatic rings. The minimum atomic E-state index is -3.86. The molecular formula is C24H31N3O5S. The Morgan fingerprint density at radius 1 is 0.939 bits per heavy atom. The highest BCUT2D eigenvalue weighted by molar-refractivity contribution is 7.92. The number of carbonyl (C=O) groups is 1. The van der Waals surface area contributed by atoms with E-state index in [4.69, 9.17) is 9.47 Å². The molecule has 0 saturated carbocycles. The van der Waals surface area contributed by atoms with Crippen LogP contribution in [-0.4, -0.2) is 69.1 Å². The molecular weight excluding hydrogens is 442 g/mol. The Bertz CT molecular complexity index is 1130. The molecule has 33 heavy (non-hydrogen) atoms. The summed E-state index contributed by atoms with van der Waals surface area (Å²) in [6.45, 7) is 10.4. The van der Waals surface area contributed by atoms with Crippen molar-refractivity contribution in [2.24, 2.45) is 0 Å². The average Bonchev–Trinajstić information content (AvgIpc) is 3.05. The molecule has 0 radical (unpaired) electrons. The van der Waals surface area contributed by atoms with Crippen LogP contribution in [-0.2, 0) is 10.0 Å². The van der Waals surface area contributed by atoms with Crippen molar-refractivity contribution in [2.75, 3.05) is 44.1 Å². The number of amides is 1. The fraction of sp³-hybridized carbons (Fsp3) is 0.458. The molecule has 0 unspecified atom stereocenters. The molecule has 178 valence electrons. The number of nitrogens with one attached hydrogen (secondary N) is 1. The van der Waals surface area contributed by atoms with Gasteiger partial charge in [0, 0.05) is 49.0 Å². The average molecular weight is 474 g/mol. The van der Waals surface area contributed by atoms with E-state index in [0.29, 0.717) is 49.1 Å². The van der Waals surface area contributed by atoms with Gasteiger partial charge in [0.1, 0.15) is 13.2 Å². The number of nitrogens with zero attached hydrogens (tertiary/aromatic N) is 2. The van der Waals surface area contributed by atoms with Gasteiger partial charge in [0.05, 0.1) is 4.90 Å². The summed E-state index contributed by atoms with van der Waals surface area (Å²) in [5.74, 6) is 0.833. The highest BCUT2D eigenvalue weighted by atomic mass is 32.2. The summed E-state index contributed by atoms with van der Waals surface area (Å²) >= 11 is 0. The van der Waals surface area contributed by atoms with Crippen LogP contribution < -0.4 is 14.2 Å². The topological polar surface area (TPSA) is 88.2 Å². The van der Waals surface area contributed by atoms with Crippen LogP contribution in [0.25, 0.3) is 0 Å². The van der Waals surface area contributed by atoms with Gasteiger partial charge in [0.25, 0.3) is 15.9 Å². The lowest BCUT2D eigenvalue weighted by atomic mass is 10.1. The summed E-state index contributed by atoms with van der Waals surface area (Å²) in [4.78, 5) is 17.5. The first-order valence-electron chi connectivity index (χ1n) is 11.2. The third kappa shape index (κ3) is 5.42. The molecule has 4 rings (SSSR count). The van der Waals surface area contributed by atoms with Gasteiger partial charge in [0.2, 0.25) is 0 Å². The van der Waals surface area contributed by atoms with Crippen molar-refractivity contribution in [3.8, 4) is 11.5 Å². The minimum Gasteiger partial charge on any atom is -0.486 e. The Morgan fingerprint density at radius 3 is 2.45 bits per heavy atom. The van der Waals surface area contributed by atoms with E-state index < -0.39 is 10.0 Å². The van der Waals surface area contributed by atoms with E-state index >= 15 is 0 Å². The highest BCUT2D eigenvalue weighted by Gasteiger charge is 2.26. The second-order valence-corrected chi connectivity index (χ2v) is 11.0. The summed E-state index contributed by atoms with van der Waals surface area (Å²) in [5.41, 5.74) is 0.855. The predicted molar refractivity (Wildman–Crippen MR) is 127 cm³/mol. The Labute approximate surface area is 195 Å². The minimum absolute atomic E-state index is 0.0606. The van der Waals surface area contributed by atoms with Gasteiger partial charge < -0.3 is 14.4 Å². The smallest absolute Gasteiger partial charge is 0.262 e. The number of hydrogen-bond donors (Lipinski definition) is 1. The lowest BCUT2D eigenvalue weighted by molar-refractivity contribution is 0.0749. The van der Waals surface area contributed by atoms with Crippen molar-refractivity contribution in [3.05, 3.63) is 48.0 Å². The van der Waals surface area contributed by atoms with Gasteiger partial charge in [-0.3, -0.25) is 14.4 Å². The van der Waals surface area contributed by atoms with Crippen molar-refractivity contribution in [3.63, 3.8) is 0 Å². The predicted octanol–water partition coefficient (Wildman–Crippen LogP) is 3.21. The maximum absolute atomic E-state index is 13.2. The molecule has 2 aromatic carbocycles. The van der Waals surface area contributed by atoms with Gasteiger partial charge in [-0.25, -0.2) is 8.42 Å². The number of sulfonamides is 1. The number of carbonyl (C=O) groups excluding carboxylic acids is 1. The number of anilines is 1. The van der Waals surface area contributed by atoms with Crippen molar-refractivity contribution in [1.82, 2.24) is 9.80 Å². The van der Waals surface area contributed by atoms with Gasteiger partial charge in [-0.05, 0) is 57.5 Å². The molecule has 0 atom stereocenters. The number of ether oxygens (including phenoxy) is 2. The van der Waals surface area contributed by atoms with E-state index in [1.165, 1.54) is 12.1 Å². The van der Waals surface area contributed by atoms with Crippen molar-refractivity contribution >= 4 is 21.6 Å². The van der Waals surface area contributed by atoms with E-state index in [0.717, 1.165) is 19.5 Å². The molecule has 2 heterocycles. The Kier molecular flexibility index (Phi) is 6.54. The van der Waals surface area contributed by atoms with Gasteiger partial charge in [-0.15, -0.1) is 0 Å². The van der Waals surface area contributed by atoms with Crippen LogP contribution in [0.2, 0.25) is 0 Å². The van der Waals surface area contributed by atoms with Crippen molar-refractivity contribution in [2.45, 2.75) is 37.6 Å². The molecule has 1 amide bonds. The summed E-state index contributed by atoms with van der Waals surface area (Å²) in [6.07, 6.45) is 0.902. The molecule has 1 fully saturated rings. The Balaban J connectivity index is 1.48. The first-order chi connectivity index (χ1) is 15.6. The fourth-order valence-electron chi connectivity index (χ4n) is 4.09. The van der Waals surface area contributed by atoms with Crippen LogP contribution in [0, 0.1) is 0 Å². The second-order valence-electron chi connectivity index (χ2n) is 9.30. The zero-order valence-electron chi connectivity index (χ0n) is 19.3. The molecule has 9 heteroatoms. The highest BCUT2D eigenvalue weighted by Crippen LogP contribution is 2.32. The van der Waals surface area contributed by atoms with E-state index in [1.54, 1.807) is 30.3 Å². The lowest BCUT2D eigenvalue weighted by Crippen LogP contribution is -2.44. The van der Waals surface area contributed by atoms with Crippen LogP contribution >= 0.6 is 0 Å². The van der Waals surface area contributed by atoms with Crippen LogP contribution in [0.3, 0.4) is 0 Å². The van der Waals surface area contributed by atoms with Gasteiger partial charge >= 0.3 is 0 Å². The third-order valence-electron chi connectivity index (χ3n) is 5.92. The number of benzene rings is 2. The quantitative estimate of drug-likeness (QED) is 0.734. The van der Waals surface area contributed by atoms with E-state index in [-0.39, 0.29) is 16.3 Å². The largest absolute Gasteiger partial charge is 0.486 e. The third-order valence-corrected chi connectivity index (χ3v) is 7.30. The maximum Gasteiger partial charge on any atom is 0.262 e. The Morgan fingerprint density at radius 2 is 1.70 bits per heavy atom. The monoisotopic (exact) mass is 473 g/mol. The standard InChI is InChI=1S/C24H31N3O5S/c1-24(2,3)27-11-5-10-26(12-13-27)23(28)18-6-4-7-19(16-18)25-33(29,30)20-8-9-21-22(17-20)32-15-14-31-21/h4,6-9,16-17,25H,5,10-15H2,1-3H3. The van der Waals surface area contributed by atoms with Crippen LogP contribution in [0.1, 0.15) is 37.6 Å². The Hall–Kier alpha value is -2.78. The molecule has 0 aromatic heterocycles. The second kappa shape index (κ2) is 9.23. The number of hydrogen-bond acceptors (Lipinski definition) is 6. The molecule has 0 bridgehead atoms. The summed E-state index contributed by atoms with van der Waals surface area (Å²) < 4.78 is 39.4. The first kappa shape index (κ1) is 23.4. The molecule has 0 spiro atoms. The van der Waals surface area contributed by atoms with Crippen LogP contribution in [0.4, 0.5) is 5.69 Å². The first-order valence-corrected chi connectivity index (χ1v) is 12.7. The summed E-state index contributed by atoms with van der Waals surface area (Å²) in [7, 11) is -3.86. The SMILES string of the molecule is CC(C)(C)N1CCCN(C(=O)c2cccc(NS(=O)(=O)c3ccc4c(c3)OCCO4)c2)CC1. The summed E-state index contributed by atoms with van der Waals surface area (Å²) in [5, 5.41) is 0. The van der Waals surface area contributed by atoms with Crippen molar-refractivity contribution < 1.29 is 22.7 Å². The molecule has 8 nitrogen and oxygen atoms in total. The van der Waals surface area contributed by atoms with E-state index in [2.05, 4.69) is 30.4 Å². The van der Waals surface area contributed by atoms with Crippen LogP contribution in [0.5, 0.6) is 11.5 Å². The molecule has 2 aliphatic heterocycles. The molecule has 0 aliphatic carbocycles. The van der Waals surface area contributed by atoms with E-state index in [1.807, 2.05) is 4.90 Å². The van der Waals surface area contributed by atoms with Crippen molar-refractivity contribution in [1.29, 1.82) is 0 Å². The molecule has 1 N–H and O–H groups in total. The zero-order valence-corrected chi connectivity index (χ0v) is 20.2. The van der Waals surface area contributed by atoms with Crippen LogP contribution in [0.15, 0.2) is 47.4 Å². The number of fused-ring (bicyclic) bond motifs is 1. The van der Waals surface area contributed by atoms with Gasteiger partial charge in [0.15, 0.2) is 11.5 Å². The van der Waals surface area contributed by atoms with Gasteiger partial charge in [-0.2, -0.15) is 0 Å². The summed E-state index contributed by atoms with van der Waals surface area (Å²) in [6, 6.07) is 11.1. The molecule has 2 aromatic rings. The molecule has 1 saturated heterocycles. The zero-order chi connectivity index (χ0) is 23.6. The number of rotatable bonds is 4. The maximum atomic E-state index is 13.2. The van der Waals surface area contributed by atoms with E-state index in [9.17, 15) is 13.2 Å². The fourth-order valence-corrected chi connectivity index (χ4v) is 5.16. The van der Waals surface area contributed by atoms with Gasteiger partial charge in [-0.1, -0.05) is 6.07 Å².